The van der Waals surface area contributed by atoms with Gasteiger partial charge in [0.1, 0.15) is 5.75 Å². The maximum absolute atomic E-state index is 12.4. The smallest absolute Gasteiger partial charge is 0.264 e. The van der Waals surface area contributed by atoms with Gasteiger partial charge in [-0.2, -0.15) is 0 Å². The van der Waals surface area contributed by atoms with Crippen molar-refractivity contribution in [2.75, 3.05) is 45.2 Å². The van der Waals surface area contributed by atoms with Crippen LogP contribution in [0.4, 0.5) is 5.69 Å². The van der Waals surface area contributed by atoms with Crippen LogP contribution >= 0.6 is 22.9 Å². The first-order valence-electron chi connectivity index (χ1n) is 8.75. The predicted octanol–water partition coefficient (Wildman–Crippen LogP) is 3.20. The maximum atomic E-state index is 12.4. The monoisotopic (exact) mass is 407 g/mol. The van der Waals surface area contributed by atoms with E-state index < -0.39 is 0 Å². The van der Waals surface area contributed by atoms with Gasteiger partial charge in [0.05, 0.1) is 17.7 Å². The first-order valence-corrected chi connectivity index (χ1v) is 10.0. The molecule has 0 atom stereocenters. The van der Waals surface area contributed by atoms with E-state index in [1.807, 2.05) is 22.4 Å². The Labute approximate surface area is 167 Å². The van der Waals surface area contributed by atoms with Crippen molar-refractivity contribution in [3.05, 3.63) is 45.6 Å². The molecule has 0 unspecified atom stereocenters. The number of amides is 2. The summed E-state index contributed by atoms with van der Waals surface area (Å²) in [6.45, 7) is 3.55. The van der Waals surface area contributed by atoms with Gasteiger partial charge in [0.25, 0.3) is 5.91 Å². The van der Waals surface area contributed by atoms with Crippen LogP contribution in [0.5, 0.6) is 5.75 Å². The highest BCUT2D eigenvalue weighted by molar-refractivity contribution is 7.12. The summed E-state index contributed by atoms with van der Waals surface area (Å²) < 4.78 is 5.24. The minimum Gasteiger partial charge on any atom is -0.495 e. The zero-order chi connectivity index (χ0) is 19.2. The number of nitrogens with one attached hydrogen (secondary N) is 1. The molecule has 6 nitrogen and oxygen atoms in total. The van der Waals surface area contributed by atoms with Gasteiger partial charge in [-0.1, -0.05) is 17.7 Å². The lowest BCUT2D eigenvalue weighted by Gasteiger charge is -2.34. The van der Waals surface area contributed by atoms with Gasteiger partial charge in [0.2, 0.25) is 5.91 Å². The van der Waals surface area contributed by atoms with Crippen LogP contribution in [0.2, 0.25) is 5.02 Å². The van der Waals surface area contributed by atoms with E-state index in [2.05, 4.69) is 10.2 Å². The molecule has 2 aromatic rings. The molecule has 0 bridgehead atoms. The predicted molar refractivity (Wildman–Crippen MR) is 108 cm³/mol. The summed E-state index contributed by atoms with van der Waals surface area (Å²) in [7, 11) is 1.55. The SMILES string of the molecule is COc1ccc(Cl)cc1NC(=O)CCN1CCN(C(=O)c2cccs2)CC1. The van der Waals surface area contributed by atoms with Crippen LogP contribution in [0.15, 0.2) is 35.7 Å². The average molecular weight is 408 g/mol. The first kappa shape index (κ1) is 19.7. The van der Waals surface area contributed by atoms with Crippen molar-refractivity contribution in [1.82, 2.24) is 9.80 Å². The Morgan fingerprint density at radius 2 is 2.00 bits per heavy atom. The number of carbonyl (C=O) groups excluding carboxylic acids is 2. The van der Waals surface area contributed by atoms with E-state index in [0.29, 0.717) is 42.5 Å². The van der Waals surface area contributed by atoms with Gasteiger partial charge in [-0.05, 0) is 29.6 Å². The van der Waals surface area contributed by atoms with E-state index in [4.69, 9.17) is 16.3 Å². The summed E-state index contributed by atoms with van der Waals surface area (Å²) in [5.41, 5.74) is 0.571. The van der Waals surface area contributed by atoms with Gasteiger partial charge in [-0.3, -0.25) is 14.5 Å². The largest absolute Gasteiger partial charge is 0.495 e. The van der Waals surface area contributed by atoms with Gasteiger partial charge in [-0.15, -0.1) is 11.3 Å². The second-order valence-electron chi connectivity index (χ2n) is 6.25. The minimum atomic E-state index is -0.0901. The number of methoxy groups -OCH3 is 1. The molecular formula is C19H22ClN3O3S. The van der Waals surface area contributed by atoms with Gasteiger partial charge < -0.3 is 15.0 Å². The van der Waals surface area contributed by atoms with Crippen LogP contribution in [0.3, 0.4) is 0 Å². The highest BCUT2D eigenvalue weighted by Gasteiger charge is 2.23. The highest BCUT2D eigenvalue weighted by Crippen LogP contribution is 2.27. The number of carbonyl (C=O) groups is 2. The molecule has 1 aliphatic heterocycles. The zero-order valence-corrected chi connectivity index (χ0v) is 16.7. The Balaban J connectivity index is 1.44. The lowest BCUT2D eigenvalue weighted by atomic mass is 10.2. The van der Waals surface area contributed by atoms with Crippen LogP contribution in [-0.4, -0.2) is 61.4 Å². The van der Waals surface area contributed by atoms with Crippen molar-refractivity contribution in [3.63, 3.8) is 0 Å². The summed E-state index contributed by atoms with van der Waals surface area (Å²) in [6, 6.07) is 8.86. The van der Waals surface area contributed by atoms with E-state index in [0.717, 1.165) is 18.0 Å². The number of piperazine rings is 1. The Kier molecular flexibility index (Phi) is 6.71. The third-order valence-electron chi connectivity index (χ3n) is 4.48. The normalized spacial score (nSPS) is 14.8. The molecule has 1 aromatic carbocycles. The lowest BCUT2D eigenvalue weighted by Crippen LogP contribution is -2.49. The van der Waals surface area contributed by atoms with E-state index in [-0.39, 0.29) is 11.8 Å². The number of hydrogen-bond donors (Lipinski definition) is 1. The molecule has 0 radical (unpaired) electrons. The van der Waals surface area contributed by atoms with E-state index >= 15 is 0 Å². The fourth-order valence-corrected chi connectivity index (χ4v) is 3.84. The molecule has 8 heteroatoms. The topological polar surface area (TPSA) is 61.9 Å². The van der Waals surface area contributed by atoms with Crippen LogP contribution < -0.4 is 10.1 Å². The molecule has 0 aliphatic carbocycles. The molecule has 1 aromatic heterocycles. The number of nitrogens with zero attached hydrogens (tertiary/aromatic N) is 2. The Hall–Kier alpha value is -2.09. The Bertz CT molecular complexity index is 790. The fourth-order valence-electron chi connectivity index (χ4n) is 2.98. The molecule has 144 valence electrons. The summed E-state index contributed by atoms with van der Waals surface area (Å²) >= 11 is 7.45. The van der Waals surface area contributed by atoms with Crippen LogP contribution in [0, 0.1) is 0 Å². The van der Waals surface area contributed by atoms with E-state index in [1.54, 1.807) is 25.3 Å². The van der Waals surface area contributed by atoms with Crippen LogP contribution in [0.1, 0.15) is 16.1 Å². The van der Waals surface area contributed by atoms with Crippen LogP contribution in [0.25, 0.3) is 0 Å². The number of benzene rings is 1. The molecule has 2 amide bonds. The van der Waals surface area contributed by atoms with Crippen LogP contribution in [-0.2, 0) is 4.79 Å². The summed E-state index contributed by atoms with van der Waals surface area (Å²) in [6.07, 6.45) is 0.370. The molecule has 1 N–H and O–H groups in total. The van der Waals surface area contributed by atoms with Crippen molar-refractivity contribution >= 4 is 40.4 Å². The standard InChI is InChI=1S/C19H22ClN3O3S/c1-26-16-5-4-14(20)13-15(16)21-18(24)6-7-22-8-10-23(11-9-22)19(25)17-3-2-12-27-17/h2-5,12-13H,6-11H2,1H3,(H,21,24). The molecule has 0 saturated carbocycles. The molecule has 27 heavy (non-hydrogen) atoms. The quantitative estimate of drug-likeness (QED) is 0.798. The third-order valence-corrected chi connectivity index (χ3v) is 5.58. The Morgan fingerprint density at radius 1 is 1.22 bits per heavy atom. The van der Waals surface area contributed by atoms with Crippen molar-refractivity contribution in [2.24, 2.45) is 0 Å². The van der Waals surface area contributed by atoms with Gasteiger partial charge in [0.15, 0.2) is 0 Å². The van der Waals surface area contributed by atoms with E-state index in [1.165, 1.54) is 11.3 Å². The first-order chi connectivity index (χ1) is 13.1. The Morgan fingerprint density at radius 3 is 2.67 bits per heavy atom. The number of halogens is 1. The minimum absolute atomic E-state index is 0.0901. The number of ether oxygens (including phenoxy) is 1. The second kappa shape index (κ2) is 9.21. The molecule has 0 spiro atoms. The van der Waals surface area contributed by atoms with Crippen molar-refractivity contribution in [1.29, 1.82) is 0 Å². The van der Waals surface area contributed by atoms with Crippen molar-refractivity contribution in [3.8, 4) is 5.75 Å². The summed E-state index contributed by atoms with van der Waals surface area (Å²) in [5.74, 6) is 0.580. The number of thiophene rings is 1. The molecule has 2 heterocycles. The van der Waals surface area contributed by atoms with Gasteiger partial charge in [0, 0.05) is 44.2 Å². The molecule has 1 aliphatic rings. The van der Waals surface area contributed by atoms with Gasteiger partial charge >= 0.3 is 0 Å². The van der Waals surface area contributed by atoms with E-state index in [9.17, 15) is 9.59 Å². The van der Waals surface area contributed by atoms with Gasteiger partial charge in [-0.25, -0.2) is 0 Å². The second-order valence-corrected chi connectivity index (χ2v) is 7.64. The highest BCUT2D eigenvalue weighted by atomic mass is 35.5. The molecule has 1 fully saturated rings. The fraction of sp³-hybridized carbons (Fsp3) is 0.368. The summed E-state index contributed by atoms with van der Waals surface area (Å²) in [4.78, 5) is 29.5. The number of rotatable bonds is 6. The maximum Gasteiger partial charge on any atom is 0.264 e. The molecule has 3 rings (SSSR count). The zero-order valence-electron chi connectivity index (χ0n) is 15.1. The number of hydrogen-bond acceptors (Lipinski definition) is 5. The lowest BCUT2D eigenvalue weighted by molar-refractivity contribution is -0.116. The average Bonchev–Trinajstić information content (AvgIpc) is 3.21. The van der Waals surface area contributed by atoms with Crippen molar-refractivity contribution < 1.29 is 14.3 Å². The molecular weight excluding hydrogens is 386 g/mol. The third kappa shape index (κ3) is 5.22. The van der Waals surface area contributed by atoms with Crippen molar-refractivity contribution in [2.45, 2.75) is 6.42 Å². The molecule has 1 saturated heterocycles. The summed E-state index contributed by atoms with van der Waals surface area (Å²) in [5, 5.41) is 5.30. The number of anilines is 1.